The topological polar surface area (TPSA) is 30.5 Å². The van der Waals surface area contributed by atoms with E-state index in [0.29, 0.717) is 6.04 Å². The van der Waals surface area contributed by atoms with Crippen LogP contribution in [-0.2, 0) is 11.3 Å². The molecule has 3 heteroatoms. The van der Waals surface area contributed by atoms with Gasteiger partial charge >= 0.3 is 0 Å². The van der Waals surface area contributed by atoms with Crippen LogP contribution in [0.4, 0.5) is 0 Å². The molecule has 0 heterocycles. The lowest BCUT2D eigenvalue weighted by molar-refractivity contribution is 0.127. The van der Waals surface area contributed by atoms with E-state index in [1.807, 2.05) is 13.0 Å². The molecule has 1 atom stereocenters. The molecule has 1 N–H and O–H groups in total. The molecule has 3 nitrogen and oxygen atoms in total. The van der Waals surface area contributed by atoms with Crippen LogP contribution in [0.1, 0.15) is 25.0 Å². The van der Waals surface area contributed by atoms with Crippen LogP contribution >= 0.6 is 0 Å². The number of ether oxygens (including phenoxy) is 2. The second kappa shape index (κ2) is 7.30. The summed E-state index contributed by atoms with van der Waals surface area (Å²) in [4.78, 5) is 0. The minimum absolute atomic E-state index is 0.373. The van der Waals surface area contributed by atoms with Gasteiger partial charge in [-0.15, -0.1) is 0 Å². The summed E-state index contributed by atoms with van der Waals surface area (Å²) in [7, 11) is 1.70. The molecule has 1 aromatic rings. The fourth-order valence-corrected chi connectivity index (χ4v) is 1.70. The van der Waals surface area contributed by atoms with Crippen LogP contribution in [0, 0.1) is 6.92 Å². The molecule has 0 radical (unpaired) electrons. The first-order valence-corrected chi connectivity index (χ1v) is 6.12. The quantitative estimate of drug-likeness (QED) is 0.790. The van der Waals surface area contributed by atoms with Crippen LogP contribution in [-0.4, -0.2) is 26.4 Å². The second-order valence-electron chi connectivity index (χ2n) is 4.25. The highest BCUT2D eigenvalue weighted by molar-refractivity contribution is 5.36. The number of nitrogens with one attached hydrogen (secondary N) is 1. The molecule has 96 valence electrons. The van der Waals surface area contributed by atoms with Crippen molar-refractivity contribution in [1.82, 2.24) is 5.32 Å². The summed E-state index contributed by atoms with van der Waals surface area (Å²) in [6.07, 6.45) is 0. The van der Waals surface area contributed by atoms with Crippen molar-refractivity contribution in [3.8, 4) is 5.75 Å². The van der Waals surface area contributed by atoms with Crippen LogP contribution in [0.15, 0.2) is 18.2 Å². The van der Waals surface area contributed by atoms with Crippen LogP contribution in [0.5, 0.6) is 5.75 Å². The van der Waals surface area contributed by atoms with E-state index in [2.05, 4.69) is 31.3 Å². The lowest BCUT2D eigenvalue weighted by atomic mass is 10.1. The van der Waals surface area contributed by atoms with Gasteiger partial charge in [0.15, 0.2) is 0 Å². The Balaban J connectivity index is 2.44. The molecule has 0 aliphatic carbocycles. The molecule has 0 saturated carbocycles. The highest BCUT2D eigenvalue weighted by Gasteiger charge is 2.03. The van der Waals surface area contributed by atoms with Gasteiger partial charge in [-0.25, -0.2) is 0 Å². The van der Waals surface area contributed by atoms with Crippen molar-refractivity contribution in [1.29, 1.82) is 0 Å². The van der Waals surface area contributed by atoms with Gasteiger partial charge < -0.3 is 14.8 Å². The van der Waals surface area contributed by atoms with Crippen molar-refractivity contribution in [2.75, 3.05) is 20.3 Å². The number of benzene rings is 1. The Labute approximate surface area is 104 Å². The van der Waals surface area contributed by atoms with Gasteiger partial charge in [-0.3, -0.25) is 0 Å². The van der Waals surface area contributed by atoms with Gasteiger partial charge in [-0.2, -0.15) is 0 Å². The van der Waals surface area contributed by atoms with Gasteiger partial charge in [0.1, 0.15) is 5.75 Å². The predicted octanol–water partition coefficient (Wildman–Crippen LogP) is 2.52. The monoisotopic (exact) mass is 237 g/mol. The molecule has 0 amide bonds. The maximum Gasteiger partial charge on any atom is 0.121 e. The molecule has 1 aromatic carbocycles. The van der Waals surface area contributed by atoms with E-state index < -0.39 is 0 Å². The predicted molar refractivity (Wildman–Crippen MR) is 70.5 cm³/mol. The smallest absolute Gasteiger partial charge is 0.121 e. The third kappa shape index (κ3) is 4.75. The molecule has 1 unspecified atom stereocenters. The molecule has 0 bridgehead atoms. The molecule has 0 aromatic heterocycles. The molecule has 0 aliphatic rings. The maximum atomic E-state index is 5.36. The van der Waals surface area contributed by atoms with Crippen molar-refractivity contribution in [2.24, 2.45) is 0 Å². The van der Waals surface area contributed by atoms with Crippen molar-refractivity contribution in [2.45, 2.75) is 33.4 Å². The van der Waals surface area contributed by atoms with E-state index in [1.165, 1.54) is 11.1 Å². The first kappa shape index (κ1) is 14.0. The Morgan fingerprint density at radius 3 is 2.71 bits per heavy atom. The van der Waals surface area contributed by atoms with Crippen LogP contribution < -0.4 is 10.1 Å². The van der Waals surface area contributed by atoms with E-state index in [1.54, 1.807) is 7.11 Å². The molecular formula is C14H23NO2. The zero-order chi connectivity index (χ0) is 12.7. The fraction of sp³-hybridized carbons (Fsp3) is 0.571. The minimum atomic E-state index is 0.373. The Bertz CT molecular complexity index is 339. The van der Waals surface area contributed by atoms with Crippen molar-refractivity contribution in [3.05, 3.63) is 29.3 Å². The average molecular weight is 237 g/mol. The SMILES string of the molecule is CCOCC(C)NCc1ccc(OC)c(C)c1. The molecule has 0 fully saturated rings. The molecule has 0 aliphatic heterocycles. The van der Waals surface area contributed by atoms with Crippen molar-refractivity contribution in [3.63, 3.8) is 0 Å². The highest BCUT2D eigenvalue weighted by Crippen LogP contribution is 2.18. The van der Waals surface area contributed by atoms with E-state index in [0.717, 1.165) is 25.5 Å². The second-order valence-corrected chi connectivity index (χ2v) is 4.25. The van der Waals surface area contributed by atoms with Gasteiger partial charge in [0, 0.05) is 19.2 Å². The third-order valence-corrected chi connectivity index (χ3v) is 2.69. The number of methoxy groups -OCH3 is 1. The highest BCUT2D eigenvalue weighted by atomic mass is 16.5. The van der Waals surface area contributed by atoms with Crippen molar-refractivity contribution >= 4 is 0 Å². The Morgan fingerprint density at radius 2 is 2.12 bits per heavy atom. The summed E-state index contributed by atoms with van der Waals surface area (Å²) >= 11 is 0. The lowest BCUT2D eigenvalue weighted by Gasteiger charge is -2.14. The van der Waals surface area contributed by atoms with E-state index in [9.17, 15) is 0 Å². The number of aryl methyl sites for hydroxylation is 1. The number of rotatable bonds is 7. The van der Waals surface area contributed by atoms with E-state index in [-0.39, 0.29) is 0 Å². The Kier molecular flexibility index (Phi) is 6.01. The van der Waals surface area contributed by atoms with E-state index in [4.69, 9.17) is 9.47 Å². The summed E-state index contributed by atoms with van der Waals surface area (Å²) < 4.78 is 10.6. The summed E-state index contributed by atoms with van der Waals surface area (Å²) in [5.74, 6) is 0.941. The van der Waals surface area contributed by atoms with Crippen LogP contribution in [0.2, 0.25) is 0 Å². The summed E-state index contributed by atoms with van der Waals surface area (Å²) in [5, 5.41) is 3.43. The molecular weight excluding hydrogens is 214 g/mol. The largest absolute Gasteiger partial charge is 0.496 e. The summed E-state index contributed by atoms with van der Waals surface area (Å²) in [6, 6.07) is 6.63. The summed E-state index contributed by atoms with van der Waals surface area (Å²) in [6.45, 7) is 8.59. The average Bonchev–Trinajstić information content (AvgIpc) is 2.34. The zero-order valence-electron chi connectivity index (χ0n) is 11.2. The first-order valence-electron chi connectivity index (χ1n) is 6.12. The number of hydrogen-bond donors (Lipinski definition) is 1. The fourth-order valence-electron chi connectivity index (χ4n) is 1.70. The standard InChI is InChI=1S/C14H23NO2/c1-5-17-10-12(3)15-9-13-6-7-14(16-4)11(2)8-13/h6-8,12,15H,5,9-10H2,1-4H3. The maximum absolute atomic E-state index is 5.36. The summed E-state index contributed by atoms with van der Waals surface area (Å²) in [5.41, 5.74) is 2.44. The Morgan fingerprint density at radius 1 is 1.35 bits per heavy atom. The van der Waals surface area contributed by atoms with Crippen LogP contribution in [0.25, 0.3) is 0 Å². The van der Waals surface area contributed by atoms with Crippen LogP contribution in [0.3, 0.4) is 0 Å². The minimum Gasteiger partial charge on any atom is -0.496 e. The number of hydrogen-bond acceptors (Lipinski definition) is 3. The zero-order valence-corrected chi connectivity index (χ0v) is 11.2. The Hall–Kier alpha value is -1.06. The normalized spacial score (nSPS) is 12.5. The molecule has 1 rings (SSSR count). The molecule has 0 spiro atoms. The third-order valence-electron chi connectivity index (χ3n) is 2.69. The van der Waals surface area contributed by atoms with Gasteiger partial charge in [0.05, 0.1) is 13.7 Å². The van der Waals surface area contributed by atoms with Gasteiger partial charge in [-0.05, 0) is 38.0 Å². The van der Waals surface area contributed by atoms with Gasteiger partial charge in [0.2, 0.25) is 0 Å². The van der Waals surface area contributed by atoms with Crippen molar-refractivity contribution < 1.29 is 9.47 Å². The van der Waals surface area contributed by atoms with Gasteiger partial charge in [-0.1, -0.05) is 12.1 Å². The molecule has 0 saturated heterocycles. The lowest BCUT2D eigenvalue weighted by Crippen LogP contribution is -2.30. The van der Waals surface area contributed by atoms with Gasteiger partial charge in [0.25, 0.3) is 0 Å². The first-order chi connectivity index (χ1) is 8.17. The molecule has 17 heavy (non-hydrogen) atoms. The van der Waals surface area contributed by atoms with E-state index >= 15 is 0 Å².